The van der Waals surface area contributed by atoms with Gasteiger partial charge in [0, 0.05) is 16.9 Å². The maximum atomic E-state index is 13.6. The summed E-state index contributed by atoms with van der Waals surface area (Å²) in [7, 11) is 0. The molecule has 0 fully saturated rings. The van der Waals surface area contributed by atoms with Crippen molar-refractivity contribution in [2.45, 2.75) is 12.3 Å². The monoisotopic (exact) mass is 350 g/mol. The molecule has 9 heteroatoms. The molecule has 0 bridgehead atoms. The van der Waals surface area contributed by atoms with E-state index in [9.17, 15) is 14.9 Å². The van der Waals surface area contributed by atoms with Gasteiger partial charge < -0.3 is 21.1 Å². The van der Waals surface area contributed by atoms with Gasteiger partial charge >= 0.3 is 0 Å². The number of carbonyl (C=O) groups excluding carboxylic acids is 2. The predicted molar refractivity (Wildman–Crippen MR) is 89.5 cm³/mol. The number of benzene rings is 1. The number of aromatic amines is 1. The van der Waals surface area contributed by atoms with Crippen LogP contribution in [0.3, 0.4) is 0 Å². The standard InChI is InChI=1S/C17H14N6O3/c1-8-13-15(22-21-8)26-14(20)10(6-18)17(13)9-4-2-3-5-11(9)23(16(17)25)7-12(19)24/h2-5H,7,20H2,1H3,(H2,19,24)(H,21,22)/t17-/m0/s1. The normalized spacial score (nSPS) is 20.6. The van der Waals surface area contributed by atoms with Crippen LogP contribution in [0.1, 0.15) is 16.8 Å². The number of rotatable bonds is 2. The fourth-order valence-corrected chi connectivity index (χ4v) is 3.78. The Morgan fingerprint density at radius 2 is 2.19 bits per heavy atom. The SMILES string of the molecule is Cc1[nH]nc2c1[C@@]1(C(=O)N(CC(N)=O)c3ccccc31)C(C#N)=C(N)O2. The van der Waals surface area contributed by atoms with Gasteiger partial charge in [0.25, 0.3) is 0 Å². The minimum atomic E-state index is -1.53. The van der Waals surface area contributed by atoms with Gasteiger partial charge in [-0.2, -0.15) is 5.26 Å². The van der Waals surface area contributed by atoms with E-state index in [1.165, 1.54) is 4.90 Å². The maximum absolute atomic E-state index is 13.6. The van der Waals surface area contributed by atoms with Crippen molar-refractivity contribution in [3.63, 3.8) is 0 Å². The first-order valence-electron chi connectivity index (χ1n) is 7.76. The number of para-hydroxylation sites is 1. The Bertz CT molecular complexity index is 1050. The van der Waals surface area contributed by atoms with Crippen LogP contribution in [0, 0.1) is 18.3 Å². The van der Waals surface area contributed by atoms with Gasteiger partial charge in [-0.1, -0.05) is 18.2 Å². The van der Waals surface area contributed by atoms with Crippen molar-refractivity contribution in [3.05, 3.63) is 52.5 Å². The van der Waals surface area contributed by atoms with E-state index in [-0.39, 0.29) is 23.9 Å². The average Bonchev–Trinajstić information content (AvgIpc) is 3.08. The van der Waals surface area contributed by atoms with E-state index in [4.69, 9.17) is 16.2 Å². The second-order valence-electron chi connectivity index (χ2n) is 6.11. The van der Waals surface area contributed by atoms with Gasteiger partial charge in [-0.3, -0.25) is 14.7 Å². The number of nitrogens with one attached hydrogen (secondary N) is 1. The third kappa shape index (κ3) is 1.70. The Hall–Kier alpha value is -3.80. The minimum absolute atomic E-state index is 0.0427. The van der Waals surface area contributed by atoms with Gasteiger partial charge in [0.15, 0.2) is 0 Å². The highest BCUT2D eigenvalue weighted by Crippen LogP contribution is 2.55. The minimum Gasteiger partial charge on any atom is -0.420 e. The van der Waals surface area contributed by atoms with E-state index in [0.29, 0.717) is 22.5 Å². The van der Waals surface area contributed by atoms with Crippen molar-refractivity contribution in [1.82, 2.24) is 10.2 Å². The molecule has 2 aromatic rings. The molecule has 1 aromatic carbocycles. The quantitative estimate of drug-likeness (QED) is 0.689. The van der Waals surface area contributed by atoms with E-state index in [1.54, 1.807) is 31.2 Å². The van der Waals surface area contributed by atoms with Gasteiger partial charge in [-0.15, -0.1) is 5.10 Å². The van der Waals surface area contributed by atoms with E-state index in [2.05, 4.69) is 10.2 Å². The van der Waals surface area contributed by atoms with Crippen LogP contribution in [0.25, 0.3) is 0 Å². The lowest BCUT2D eigenvalue weighted by Crippen LogP contribution is -2.47. The third-order valence-electron chi connectivity index (χ3n) is 4.71. The summed E-state index contributed by atoms with van der Waals surface area (Å²) in [5.74, 6) is -1.23. The Balaban J connectivity index is 2.12. The van der Waals surface area contributed by atoms with Crippen molar-refractivity contribution in [3.8, 4) is 11.9 Å². The molecule has 9 nitrogen and oxygen atoms in total. The van der Waals surface area contributed by atoms with E-state index in [0.717, 1.165) is 0 Å². The highest BCUT2D eigenvalue weighted by atomic mass is 16.5. The molecule has 0 saturated heterocycles. The summed E-state index contributed by atoms with van der Waals surface area (Å²) in [6.07, 6.45) is 0. The van der Waals surface area contributed by atoms with Crippen LogP contribution in [-0.2, 0) is 15.0 Å². The second kappa shape index (κ2) is 5.10. The summed E-state index contributed by atoms with van der Waals surface area (Å²) in [5.41, 5.74) is 11.7. The molecule has 0 saturated carbocycles. The van der Waals surface area contributed by atoms with Crippen LogP contribution in [0.4, 0.5) is 5.69 Å². The molecule has 2 aliphatic heterocycles. The van der Waals surface area contributed by atoms with Crippen molar-refractivity contribution in [2.24, 2.45) is 11.5 Å². The van der Waals surface area contributed by atoms with Crippen LogP contribution in [0.5, 0.6) is 5.88 Å². The van der Waals surface area contributed by atoms with Crippen molar-refractivity contribution in [1.29, 1.82) is 5.26 Å². The number of hydrogen-bond donors (Lipinski definition) is 3. The largest absolute Gasteiger partial charge is 0.420 e. The van der Waals surface area contributed by atoms with Gasteiger partial charge in [0.1, 0.15) is 23.6 Å². The summed E-state index contributed by atoms with van der Waals surface area (Å²) >= 11 is 0. The molecule has 2 aliphatic rings. The molecule has 1 aromatic heterocycles. The first-order chi connectivity index (χ1) is 12.4. The zero-order valence-electron chi connectivity index (χ0n) is 13.7. The number of carbonyl (C=O) groups is 2. The fourth-order valence-electron chi connectivity index (χ4n) is 3.78. The van der Waals surface area contributed by atoms with E-state index in [1.807, 2.05) is 6.07 Å². The first-order valence-corrected chi connectivity index (χ1v) is 7.76. The summed E-state index contributed by atoms with van der Waals surface area (Å²) in [5, 5.41) is 16.6. The van der Waals surface area contributed by atoms with Crippen LogP contribution in [0.2, 0.25) is 0 Å². The summed E-state index contributed by atoms with van der Waals surface area (Å²) in [6, 6.07) is 8.92. The Morgan fingerprint density at radius 1 is 1.46 bits per heavy atom. The number of ether oxygens (including phenoxy) is 1. The lowest BCUT2D eigenvalue weighted by Gasteiger charge is -2.32. The number of aromatic nitrogens is 2. The summed E-state index contributed by atoms with van der Waals surface area (Å²) in [6.45, 7) is 1.41. The smallest absolute Gasteiger partial charge is 0.248 e. The molecule has 1 spiro atoms. The predicted octanol–water partition coefficient (Wildman–Crippen LogP) is -0.0776. The number of H-pyrrole nitrogens is 1. The van der Waals surface area contributed by atoms with E-state index >= 15 is 0 Å². The molecule has 0 unspecified atom stereocenters. The number of fused-ring (bicyclic) bond motifs is 4. The number of aryl methyl sites for hydroxylation is 1. The Morgan fingerprint density at radius 3 is 2.88 bits per heavy atom. The first kappa shape index (κ1) is 15.7. The number of primary amides is 1. The number of anilines is 1. The average molecular weight is 350 g/mol. The molecule has 0 radical (unpaired) electrons. The highest BCUT2D eigenvalue weighted by molar-refractivity contribution is 6.16. The molecule has 26 heavy (non-hydrogen) atoms. The molecule has 5 N–H and O–H groups in total. The van der Waals surface area contributed by atoms with Crippen LogP contribution >= 0.6 is 0 Å². The molecule has 2 amide bonds. The van der Waals surface area contributed by atoms with Gasteiger partial charge in [0.05, 0.1) is 5.56 Å². The molecule has 1 atom stereocenters. The number of hydrogen-bond acceptors (Lipinski definition) is 6. The number of nitrogens with two attached hydrogens (primary N) is 2. The number of nitriles is 1. The second-order valence-corrected chi connectivity index (χ2v) is 6.11. The van der Waals surface area contributed by atoms with Crippen LogP contribution in [0.15, 0.2) is 35.7 Å². The molecular formula is C17H14N6O3. The van der Waals surface area contributed by atoms with Gasteiger partial charge in [-0.25, -0.2) is 0 Å². The van der Waals surface area contributed by atoms with Gasteiger partial charge in [0.2, 0.25) is 23.6 Å². The lowest BCUT2D eigenvalue weighted by molar-refractivity contribution is -0.123. The van der Waals surface area contributed by atoms with Crippen molar-refractivity contribution >= 4 is 17.5 Å². The van der Waals surface area contributed by atoms with E-state index < -0.39 is 17.2 Å². The zero-order chi connectivity index (χ0) is 18.6. The topological polar surface area (TPSA) is 151 Å². The molecule has 4 rings (SSSR count). The molecule has 130 valence electrons. The maximum Gasteiger partial charge on any atom is 0.248 e. The molecule has 0 aliphatic carbocycles. The van der Waals surface area contributed by atoms with Gasteiger partial charge in [-0.05, 0) is 13.0 Å². The summed E-state index contributed by atoms with van der Waals surface area (Å²) in [4.78, 5) is 26.4. The fraction of sp³-hybridized carbons (Fsp3) is 0.176. The van der Waals surface area contributed by atoms with Crippen LogP contribution in [-0.4, -0.2) is 28.6 Å². The molecular weight excluding hydrogens is 336 g/mol. The summed E-state index contributed by atoms with van der Waals surface area (Å²) < 4.78 is 5.45. The lowest BCUT2D eigenvalue weighted by atomic mass is 9.69. The van der Waals surface area contributed by atoms with Crippen molar-refractivity contribution < 1.29 is 14.3 Å². The third-order valence-corrected chi connectivity index (χ3v) is 4.71. The van der Waals surface area contributed by atoms with Crippen molar-refractivity contribution in [2.75, 3.05) is 11.4 Å². The highest BCUT2D eigenvalue weighted by Gasteiger charge is 2.60. The zero-order valence-corrected chi connectivity index (χ0v) is 13.7. The number of nitrogens with zero attached hydrogens (tertiary/aromatic N) is 3. The van der Waals surface area contributed by atoms with Crippen LogP contribution < -0.4 is 21.1 Å². The Kier molecular flexibility index (Phi) is 3.08. The Labute approximate surface area is 147 Å². The number of amides is 2. The molecule has 3 heterocycles.